The Kier molecular flexibility index (Phi) is 74.4. The number of ether oxygens (including phenoxy) is 4. The van der Waals surface area contributed by atoms with Crippen LogP contribution in [0.2, 0.25) is 0 Å². The highest BCUT2D eigenvalue weighted by Gasteiger charge is 2.30. The van der Waals surface area contributed by atoms with E-state index >= 15 is 0 Å². The third-order valence-electron chi connectivity index (χ3n) is 19.5. The van der Waals surface area contributed by atoms with Crippen LogP contribution in [0.25, 0.3) is 0 Å². The first-order chi connectivity index (χ1) is 49.5. The van der Waals surface area contributed by atoms with Crippen molar-refractivity contribution >= 4 is 39.5 Å². The summed E-state index contributed by atoms with van der Waals surface area (Å²) < 4.78 is 68.8. The van der Waals surface area contributed by atoms with Crippen LogP contribution in [0.1, 0.15) is 446 Å². The van der Waals surface area contributed by atoms with Gasteiger partial charge in [0.1, 0.15) is 19.3 Å². The lowest BCUT2D eigenvalue weighted by Gasteiger charge is -2.21. The van der Waals surface area contributed by atoms with Gasteiger partial charge in [-0.05, 0) is 31.6 Å². The van der Waals surface area contributed by atoms with E-state index in [-0.39, 0.29) is 25.7 Å². The lowest BCUT2D eigenvalue weighted by molar-refractivity contribution is -0.161. The van der Waals surface area contributed by atoms with Gasteiger partial charge in [0.2, 0.25) is 0 Å². The highest BCUT2D eigenvalue weighted by atomic mass is 31.2. The molecule has 0 saturated heterocycles. The van der Waals surface area contributed by atoms with E-state index in [2.05, 4.69) is 34.6 Å². The molecular weight excluding hydrogens is 1330 g/mol. The highest BCUT2D eigenvalue weighted by Crippen LogP contribution is 2.45. The smallest absolute Gasteiger partial charge is 0.462 e. The van der Waals surface area contributed by atoms with Gasteiger partial charge in [0.25, 0.3) is 0 Å². The van der Waals surface area contributed by atoms with Crippen molar-refractivity contribution in [3.63, 3.8) is 0 Å². The van der Waals surface area contributed by atoms with Crippen molar-refractivity contribution < 1.29 is 80.2 Å². The fourth-order valence-electron chi connectivity index (χ4n) is 12.9. The summed E-state index contributed by atoms with van der Waals surface area (Å²) >= 11 is 0. The normalized spacial score (nSPS) is 13.8. The molecule has 0 spiro atoms. The van der Waals surface area contributed by atoms with E-state index < -0.39 is 97.5 Å². The maximum Gasteiger partial charge on any atom is 0.472 e. The molecule has 0 fully saturated rings. The molecule has 3 N–H and O–H groups in total. The summed E-state index contributed by atoms with van der Waals surface area (Å²) in [6.07, 6.45) is 67.8. The molecule has 0 aromatic heterocycles. The molecule has 0 aliphatic carbocycles. The third kappa shape index (κ3) is 76.3. The molecule has 0 heterocycles. The minimum absolute atomic E-state index is 0.109. The van der Waals surface area contributed by atoms with Crippen LogP contribution in [-0.2, 0) is 65.4 Å². The number of hydrogen-bond acceptors (Lipinski definition) is 15. The zero-order valence-corrected chi connectivity index (χ0v) is 68.5. The molecule has 0 radical (unpaired) electrons. The summed E-state index contributed by atoms with van der Waals surface area (Å²) in [5.41, 5.74) is 0. The summed E-state index contributed by atoms with van der Waals surface area (Å²) in [7, 11) is -9.92. The van der Waals surface area contributed by atoms with Crippen molar-refractivity contribution in [3.05, 3.63) is 0 Å². The van der Waals surface area contributed by atoms with E-state index in [0.29, 0.717) is 25.7 Å². The molecule has 17 nitrogen and oxygen atoms in total. The third-order valence-corrected chi connectivity index (χ3v) is 21.4. The molecule has 0 aromatic rings. The second-order valence-corrected chi connectivity index (χ2v) is 33.3. The van der Waals surface area contributed by atoms with Crippen LogP contribution >= 0.6 is 15.6 Å². The average molecular weight is 1490 g/mol. The second kappa shape index (κ2) is 75.9. The molecule has 0 rings (SSSR count). The van der Waals surface area contributed by atoms with Gasteiger partial charge in [-0.25, -0.2) is 9.13 Å². The first kappa shape index (κ1) is 100. The summed E-state index contributed by atoms with van der Waals surface area (Å²) in [6, 6.07) is 0. The molecule has 0 amide bonds. The number of esters is 4. The Hall–Kier alpha value is -1.94. The van der Waals surface area contributed by atoms with Crippen molar-refractivity contribution in [2.45, 2.75) is 464 Å². The highest BCUT2D eigenvalue weighted by molar-refractivity contribution is 7.47. The van der Waals surface area contributed by atoms with Gasteiger partial charge in [-0.3, -0.25) is 37.3 Å². The van der Waals surface area contributed by atoms with Crippen molar-refractivity contribution in [3.8, 4) is 0 Å². The van der Waals surface area contributed by atoms with Crippen molar-refractivity contribution in [2.75, 3.05) is 39.6 Å². The predicted molar refractivity (Wildman–Crippen MR) is 418 cm³/mol. The monoisotopic (exact) mass is 1490 g/mol. The van der Waals surface area contributed by atoms with Crippen molar-refractivity contribution in [1.29, 1.82) is 0 Å². The fraction of sp³-hybridized carbons (Fsp3) is 0.952. The van der Waals surface area contributed by atoms with E-state index in [0.717, 1.165) is 95.8 Å². The Bertz CT molecular complexity index is 1940. The van der Waals surface area contributed by atoms with Gasteiger partial charge < -0.3 is 33.8 Å². The SMILES string of the molecule is CCCCCCCCCCCCCCCCCCCC(=O)OC[C@H](COP(=O)(O)OC[C@@H](O)COP(=O)(O)OC[C@@H](COC(=O)CCCCCCCCCCCCCCC)OC(=O)CCCCCCCCCCCCCCC)OC(=O)CCCCCCCCCCCCCCCCCCC(C)C. The lowest BCUT2D eigenvalue weighted by Crippen LogP contribution is -2.30. The van der Waals surface area contributed by atoms with Crippen LogP contribution in [0, 0.1) is 5.92 Å². The van der Waals surface area contributed by atoms with Crippen LogP contribution in [0.15, 0.2) is 0 Å². The Balaban J connectivity index is 5.25. The second-order valence-electron chi connectivity index (χ2n) is 30.3. The number of aliphatic hydroxyl groups excluding tert-OH is 1. The Morgan fingerprint density at radius 1 is 0.265 bits per heavy atom. The largest absolute Gasteiger partial charge is 0.472 e. The quantitative estimate of drug-likeness (QED) is 0.0222. The topological polar surface area (TPSA) is 237 Å². The maximum atomic E-state index is 13.1. The first-order valence-corrected chi connectivity index (χ1v) is 46.1. The Morgan fingerprint density at radius 3 is 0.667 bits per heavy atom. The molecule has 19 heteroatoms. The number of aliphatic hydroxyl groups is 1. The van der Waals surface area contributed by atoms with E-state index in [9.17, 15) is 43.2 Å². The van der Waals surface area contributed by atoms with Gasteiger partial charge in [-0.2, -0.15) is 0 Å². The molecule has 606 valence electrons. The minimum atomic E-state index is -4.96. The van der Waals surface area contributed by atoms with Gasteiger partial charge in [-0.1, -0.05) is 394 Å². The standard InChI is InChI=1S/C83H162O17P2/c1-6-9-12-15-18-21-24-27-28-29-33-38-42-47-52-57-62-67-81(86)94-73-79(100-83(88)69-64-59-54-49-44-39-34-31-30-32-37-40-45-50-55-60-65-76(4)5)75-98-102(91,92)96-71-77(84)70-95-101(89,90)97-74-78(99-82(87)68-63-58-53-48-43-36-26-23-20-17-14-11-8-3)72-93-80(85)66-61-56-51-46-41-35-25-22-19-16-13-10-7-2/h76-79,84H,6-75H2,1-5H3,(H,89,90)(H,91,92)/t77-,78+,79+/m0/s1. The van der Waals surface area contributed by atoms with Crippen LogP contribution < -0.4 is 0 Å². The minimum Gasteiger partial charge on any atom is -0.462 e. The van der Waals surface area contributed by atoms with Crippen molar-refractivity contribution in [2.24, 2.45) is 5.92 Å². The molecule has 102 heavy (non-hydrogen) atoms. The first-order valence-electron chi connectivity index (χ1n) is 43.1. The van der Waals surface area contributed by atoms with Gasteiger partial charge in [-0.15, -0.1) is 0 Å². The van der Waals surface area contributed by atoms with Crippen LogP contribution in [0.4, 0.5) is 0 Å². The molecule has 0 aromatic carbocycles. The zero-order chi connectivity index (χ0) is 74.8. The fourth-order valence-corrected chi connectivity index (χ4v) is 14.5. The van der Waals surface area contributed by atoms with E-state index in [4.69, 9.17) is 37.0 Å². The van der Waals surface area contributed by atoms with Gasteiger partial charge in [0.05, 0.1) is 26.4 Å². The summed E-state index contributed by atoms with van der Waals surface area (Å²) in [5.74, 6) is -1.29. The number of carbonyl (C=O) groups excluding carboxylic acids is 4. The summed E-state index contributed by atoms with van der Waals surface area (Å²) in [6.45, 7) is 7.39. The molecule has 0 aliphatic heterocycles. The van der Waals surface area contributed by atoms with Crippen LogP contribution in [-0.4, -0.2) is 96.7 Å². The number of unbranched alkanes of at least 4 members (excludes halogenated alkanes) is 55. The molecule has 2 unspecified atom stereocenters. The maximum absolute atomic E-state index is 13.1. The molecule has 5 atom stereocenters. The summed E-state index contributed by atoms with van der Waals surface area (Å²) in [4.78, 5) is 73.1. The Labute approximate surface area is 626 Å². The van der Waals surface area contributed by atoms with E-state index in [1.165, 1.54) is 270 Å². The summed E-state index contributed by atoms with van der Waals surface area (Å²) in [5, 5.41) is 10.7. The average Bonchev–Trinajstić information content (AvgIpc) is 0.925. The molecule has 0 aliphatic rings. The van der Waals surface area contributed by atoms with E-state index in [1.54, 1.807) is 0 Å². The van der Waals surface area contributed by atoms with Gasteiger partial charge in [0.15, 0.2) is 12.2 Å². The number of phosphoric acid groups is 2. The lowest BCUT2D eigenvalue weighted by atomic mass is 10.0. The number of rotatable bonds is 83. The van der Waals surface area contributed by atoms with Crippen LogP contribution in [0.5, 0.6) is 0 Å². The number of hydrogen-bond donors (Lipinski definition) is 3. The Morgan fingerprint density at radius 2 is 0.451 bits per heavy atom. The van der Waals surface area contributed by atoms with Crippen LogP contribution in [0.3, 0.4) is 0 Å². The van der Waals surface area contributed by atoms with E-state index in [1.807, 2.05) is 0 Å². The molecule has 0 saturated carbocycles. The molecule has 0 bridgehead atoms. The zero-order valence-electron chi connectivity index (χ0n) is 66.8. The van der Waals surface area contributed by atoms with Gasteiger partial charge >= 0.3 is 39.5 Å². The van der Waals surface area contributed by atoms with Crippen molar-refractivity contribution in [1.82, 2.24) is 0 Å². The number of carbonyl (C=O) groups is 4. The molecular formula is C83H162O17P2. The van der Waals surface area contributed by atoms with Gasteiger partial charge in [0, 0.05) is 25.7 Å². The number of phosphoric ester groups is 2. The predicted octanol–water partition coefficient (Wildman–Crippen LogP) is 25.2.